The first kappa shape index (κ1) is 16.3. The van der Waals surface area contributed by atoms with Crippen LogP contribution in [-0.4, -0.2) is 32.1 Å². The van der Waals surface area contributed by atoms with Gasteiger partial charge in [-0.05, 0) is 36.6 Å². The molecule has 1 saturated heterocycles. The molecule has 0 spiro atoms. The topological polar surface area (TPSA) is 44.4 Å². The molecule has 2 N–H and O–H groups in total. The van der Waals surface area contributed by atoms with Crippen molar-refractivity contribution in [3.63, 3.8) is 0 Å². The summed E-state index contributed by atoms with van der Waals surface area (Å²) in [5, 5.41) is 6.36. The van der Waals surface area contributed by atoms with E-state index in [-0.39, 0.29) is 5.91 Å². The molecule has 1 aromatic carbocycles. The van der Waals surface area contributed by atoms with Crippen LogP contribution in [0.25, 0.3) is 0 Å². The van der Waals surface area contributed by atoms with Crippen molar-refractivity contribution in [1.82, 2.24) is 10.6 Å². The minimum Gasteiger partial charge on any atom is -0.362 e. The number of amides is 1. The molecule has 0 atom stereocenters. The second kappa shape index (κ2) is 7.80. The maximum Gasteiger partial charge on any atom is 0.239 e. The lowest BCUT2D eigenvalue weighted by atomic mass is 10.1. The second-order valence-electron chi connectivity index (χ2n) is 5.93. The molecule has 0 aromatic heterocycles. The van der Waals surface area contributed by atoms with E-state index < -0.39 is 0 Å². The summed E-state index contributed by atoms with van der Waals surface area (Å²) in [4.78, 5) is 13.8. The molecule has 1 aliphatic rings. The normalized spacial score (nSPS) is 16.0. The monoisotopic (exact) mass is 353 g/mol. The summed E-state index contributed by atoms with van der Waals surface area (Å²) in [5.41, 5.74) is 2.35. The summed E-state index contributed by atoms with van der Waals surface area (Å²) in [6.45, 7) is 8.41. The number of nitrogens with one attached hydrogen (secondary N) is 2. The molecule has 21 heavy (non-hydrogen) atoms. The van der Waals surface area contributed by atoms with E-state index >= 15 is 0 Å². The van der Waals surface area contributed by atoms with Gasteiger partial charge in [0, 0.05) is 29.8 Å². The fourth-order valence-corrected chi connectivity index (χ4v) is 2.91. The summed E-state index contributed by atoms with van der Waals surface area (Å²) in [5.74, 6) is 0.755. The zero-order valence-electron chi connectivity index (χ0n) is 12.8. The Balaban J connectivity index is 2.02. The maximum absolute atomic E-state index is 11.6. The van der Waals surface area contributed by atoms with Crippen LogP contribution in [0.4, 0.5) is 5.69 Å². The largest absolute Gasteiger partial charge is 0.362 e. The summed E-state index contributed by atoms with van der Waals surface area (Å²) >= 11 is 3.65. The molecule has 0 bridgehead atoms. The number of halogens is 1. The Kier molecular flexibility index (Phi) is 6.06. The molecule has 5 heteroatoms. The lowest BCUT2D eigenvalue weighted by Gasteiger charge is -2.22. The van der Waals surface area contributed by atoms with Gasteiger partial charge in [0.25, 0.3) is 0 Å². The van der Waals surface area contributed by atoms with Crippen LogP contribution >= 0.6 is 15.9 Å². The molecular formula is C16H24BrN3O. The zero-order chi connectivity index (χ0) is 15.2. The fraction of sp³-hybridized carbons (Fsp3) is 0.562. The maximum atomic E-state index is 11.6. The lowest BCUT2D eigenvalue weighted by molar-refractivity contribution is -0.119. The summed E-state index contributed by atoms with van der Waals surface area (Å²) < 4.78 is 1.10. The smallest absolute Gasteiger partial charge is 0.239 e. The predicted octanol–water partition coefficient (Wildman–Crippen LogP) is 2.52. The molecule has 1 amide bonds. The molecular weight excluding hydrogens is 330 g/mol. The van der Waals surface area contributed by atoms with Crippen molar-refractivity contribution in [2.24, 2.45) is 5.92 Å². The van der Waals surface area contributed by atoms with Gasteiger partial charge in [-0.1, -0.05) is 35.8 Å². The third kappa shape index (κ3) is 5.00. The van der Waals surface area contributed by atoms with Crippen molar-refractivity contribution >= 4 is 27.5 Å². The number of rotatable bonds is 5. The Labute approximate surface area is 135 Å². The molecule has 0 unspecified atom stereocenters. The lowest BCUT2D eigenvalue weighted by Crippen LogP contribution is -2.33. The van der Waals surface area contributed by atoms with Gasteiger partial charge in [0.2, 0.25) is 5.91 Å². The van der Waals surface area contributed by atoms with Crippen LogP contribution in [-0.2, 0) is 11.3 Å². The van der Waals surface area contributed by atoms with E-state index in [1.54, 1.807) is 0 Å². The van der Waals surface area contributed by atoms with E-state index in [9.17, 15) is 4.79 Å². The Morgan fingerprint density at radius 1 is 1.43 bits per heavy atom. The van der Waals surface area contributed by atoms with E-state index in [1.807, 2.05) is 0 Å². The number of carbonyl (C=O) groups excluding carboxylic acids is 1. The van der Waals surface area contributed by atoms with Gasteiger partial charge in [-0.3, -0.25) is 4.79 Å². The van der Waals surface area contributed by atoms with E-state index in [0.29, 0.717) is 12.5 Å². The van der Waals surface area contributed by atoms with E-state index in [4.69, 9.17) is 0 Å². The molecule has 1 fully saturated rings. The van der Waals surface area contributed by atoms with Crippen LogP contribution in [0.5, 0.6) is 0 Å². The van der Waals surface area contributed by atoms with Gasteiger partial charge in [-0.2, -0.15) is 0 Å². The summed E-state index contributed by atoms with van der Waals surface area (Å²) in [6.07, 6.45) is 0.987. The van der Waals surface area contributed by atoms with E-state index in [2.05, 4.69) is 63.5 Å². The van der Waals surface area contributed by atoms with Gasteiger partial charge in [0.1, 0.15) is 0 Å². The number of benzene rings is 1. The first-order valence-electron chi connectivity index (χ1n) is 7.57. The van der Waals surface area contributed by atoms with Crippen molar-refractivity contribution in [3.05, 3.63) is 28.2 Å². The predicted molar refractivity (Wildman–Crippen MR) is 90.5 cm³/mol. The molecule has 116 valence electrons. The highest BCUT2D eigenvalue weighted by molar-refractivity contribution is 9.10. The SMILES string of the molecule is CC(C)CNCc1ccc(N2CCCNC(=O)C2)cc1Br. The van der Waals surface area contributed by atoms with Crippen LogP contribution in [0.15, 0.2) is 22.7 Å². The molecule has 2 rings (SSSR count). The summed E-state index contributed by atoms with van der Waals surface area (Å²) in [7, 11) is 0. The number of hydrogen-bond acceptors (Lipinski definition) is 3. The Morgan fingerprint density at radius 3 is 2.95 bits per heavy atom. The van der Waals surface area contributed by atoms with Crippen molar-refractivity contribution in [2.45, 2.75) is 26.8 Å². The first-order valence-corrected chi connectivity index (χ1v) is 8.36. The van der Waals surface area contributed by atoms with Crippen LogP contribution in [0.2, 0.25) is 0 Å². The quantitative estimate of drug-likeness (QED) is 0.854. The Morgan fingerprint density at radius 2 is 2.24 bits per heavy atom. The number of carbonyl (C=O) groups is 1. The number of anilines is 1. The molecule has 4 nitrogen and oxygen atoms in total. The van der Waals surface area contributed by atoms with Crippen LogP contribution < -0.4 is 15.5 Å². The minimum atomic E-state index is 0.103. The van der Waals surface area contributed by atoms with Gasteiger partial charge < -0.3 is 15.5 Å². The second-order valence-corrected chi connectivity index (χ2v) is 6.78. The Bertz CT molecular complexity index is 490. The average molecular weight is 354 g/mol. The van der Waals surface area contributed by atoms with Crippen LogP contribution in [0, 0.1) is 5.92 Å². The van der Waals surface area contributed by atoms with Gasteiger partial charge in [0.15, 0.2) is 0 Å². The standard InChI is InChI=1S/C16H24BrN3O/c1-12(2)9-18-10-13-4-5-14(8-15(13)17)20-7-3-6-19-16(21)11-20/h4-5,8,12,18H,3,6-7,9-11H2,1-2H3,(H,19,21). The highest BCUT2D eigenvalue weighted by atomic mass is 79.9. The third-order valence-electron chi connectivity index (χ3n) is 3.53. The van der Waals surface area contributed by atoms with Gasteiger partial charge >= 0.3 is 0 Å². The number of hydrogen-bond donors (Lipinski definition) is 2. The third-order valence-corrected chi connectivity index (χ3v) is 4.27. The van der Waals surface area contributed by atoms with Crippen molar-refractivity contribution in [3.8, 4) is 0 Å². The molecule has 0 aliphatic carbocycles. The van der Waals surface area contributed by atoms with E-state index in [1.165, 1.54) is 5.56 Å². The molecule has 1 aliphatic heterocycles. The van der Waals surface area contributed by atoms with Crippen molar-refractivity contribution in [1.29, 1.82) is 0 Å². The molecule has 0 saturated carbocycles. The van der Waals surface area contributed by atoms with Gasteiger partial charge in [0.05, 0.1) is 6.54 Å². The first-order chi connectivity index (χ1) is 10.1. The highest BCUT2D eigenvalue weighted by Gasteiger charge is 2.15. The van der Waals surface area contributed by atoms with Gasteiger partial charge in [-0.25, -0.2) is 0 Å². The van der Waals surface area contributed by atoms with Crippen molar-refractivity contribution in [2.75, 3.05) is 31.1 Å². The molecule has 1 aromatic rings. The Hall–Kier alpha value is -1.07. The van der Waals surface area contributed by atoms with Gasteiger partial charge in [-0.15, -0.1) is 0 Å². The minimum absolute atomic E-state index is 0.103. The summed E-state index contributed by atoms with van der Waals surface area (Å²) in [6, 6.07) is 6.36. The van der Waals surface area contributed by atoms with Crippen LogP contribution in [0.3, 0.4) is 0 Å². The van der Waals surface area contributed by atoms with E-state index in [0.717, 1.165) is 42.8 Å². The highest BCUT2D eigenvalue weighted by Crippen LogP contribution is 2.24. The van der Waals surface area contributed by atoms with Crippen LogP contribution in [0.1, 0.15) is 25.8 Å². The zero-order valence-corrected chi connectivity index (χ0v) is 14.4. The fourth-order valence-electron chi connectivity index (χ4n) is 2.40. The molecule has 1 heterocycles. The average Bonchev–Trinajstić information content (AvgIpc) is 2.65. The molecule has 0 radical (unpaired) electrons. The van der Waals surface area contributed by atoms with Crippen molar-refractivity contribution < 1.29 is 4.79 Å². The number of nitrogens with zero attached hydrogens (tertiary/aromatic N) is 1.